The van der Waals surface area contributed by atoms with Crippen LogP contribution < -0.4 is 0 Å². The molecule has 24 heteroatoms. The summed E-state index contributed by atoms with van der Waals surface area (Å²) in [5.74, 6) is 0. The molecule has 0 nitrogen and oxygen atoms in total. The Bertz CT molecular complexity index is 0. The summed E-state index contributed by atoms with van der Waals surface area (Å²) in [4.78, 5) is 0. The van der Waals surface area contributed by atoms with Gasteiger partial charge < -0.3 is 0 Å². The maximum absolute atomic E-state index is 0. The third-order valence-electron chi connectivity index (χ3n) is 0. The molecule has 0 aliphatic heterocycles. The van der Waals surface area contributed by atoms with Gasteiger partial charge in [0.15, 0.2) is 0 Å². The summed E-state index contributed by atoms with van der Waals surface area (Å²) in [5, 5.41) is 0. The fourth-order valence-electron chi connectivity index (χ4n) is 0. The first-order chi connectivity index (χ1) is 0. The van der Waals surface area contributed by atoms with Crippen molar-refractivity contribution in [3.05, 3.63) is 0 Å². The van der Waals surface area contributed by atoms with E-state index in [2.05, 4.69) is 0 Å². The SMILES string of the molecule is [Co].[Co].[Co].[Co].[Co].[Co].[Co].[Co].[Co].[Co].[Co].[Co].[Co].[Co].[Co].[Co].[Co].[Co].[Co].[Co].[Co].[Co].[Co].[Co]. The molecule has 0 heterocycles. The number of hydrogen-bond donors (Lipinski definition) is 0. The van der Waals surface area contributed by atoms with Crippen molar-refractivity contribution in [1.82, 2.24) is 0 Å². The van der Waals surface area contributed by atoms with Gasteiger partial charge >= 0.3 is 0 Å². The molecule has 0 fully saturated rings. The summed E-state index contributed by atoms with van der Waals surface area (Å²) in [6, 6.07) is 0. The summed E-state index contributed by atoms with van der Waals surface area (Å²) in [7, 11) is 0. The largest absolute Gasteiger partial charge is 0 e. The van der Waals surface area contributed by atoms with Crippen LogP contribution in [0, 0.1) is 0 Å². The van der Waals surface area contributed by atoms with Crippen LogP contribution in [0.15, 0.2) is 0 Å². The maximum atomic E-state index is 0. The van der Waals surface area contributed by atoms with E-state index >= 15 is 0 Å². The second-order valence-corrected chi connectivity index (χ2v) is 0. The van der Waals surface area contributed by atoms with E-state index in [0.717, 1.165) is 0 Å². The summed E-state index contributed by atoms with van der Waals surface area (Å²) in [6.07, 6.45) is 0. The molecule has 24 heavy (non-hydrogen) atoms. The predicted molar refractivity (Wildman–Crippen MR) is 0 cm³/mol. The molecule has 0 N–H and O–H groups in total. The van der Waals surface area contributed by atoms with Crippen molar-refractivity contribution in [1.29, 1.82) is 0 Å². The predicted octanol–water partition coefficient (Wildman–Crippen LogP) is -0.0600. The Morgan fingerprint density at radius 3 is 0.0417 bits per heavy atom. The van der Waals surface area contributed by atoms with E-state index < -0.39 is 0 Å². The molecule has 0 aromatic rings. The summed E-state index contributed by atoms with van der Waals surface area (Å²) < 4.78 is 0. The Labute approximate surface area is 393 Å². The summed E-state index contributed by atoms with van der Waals surface area (Å²) >= 11 is 0. The maximum Gasteiger partial charge on any atom is 0 e. The molecule has 0 bridgehead atoms. The molecule has 0 aromatic heterocycles. The van der Waals surface area contributed by atoms with Crippen LogP contribution in [0.2, 0.25) is 0 Å². The Balaban J connectivity index is 0. The van der Waals surface area contributed by atoms with Crippen molar-refractivity contribution >= 4 is 0 Å². The van der Waals surface area contributed by atoms with E-state index in [4.69, 9.17) is 0 Å². The average molecular weight is 1410 g/mol. The van der Waals surface area contributed by atoms with Crippen molar-refractivity contribution in [3.63, 3.8) is 0 Å². The van der Waals surface area contributed by atoms with Crippen molar-refractivity contribution in [3.8, 4) is 0 Å². The van der Waals surface area contributed by atoms with Crippen LogP contribution >= 0.6 is 0 Å². The van der Waals surface area contributed by atoms with E-state index in [1.54, 1.807) is 0 Å². The molecule has 24 radical (unpaired) electrons. The topological polar surface area (TPSA) is 0 Å². The molecule has 0 saturated carbocycles. The van der Waals surface area contributed by atoms with Gasteiger partial charge in [-0.2, -0.15) is 0 Å². The Morgan fingerprint density at radius 2 is 0.0417 bits per heavy atom. The molecule has 0 aliphatic carbocycles. The molecule has 0 aliphatic rings. The smallest absolute Gasteiger partial charge is 0 e. The van der Waals surface area contributed by atoms with Crippen molar-refractivity contribution in [2.45, 2.75) is 0 Å². The summed E-state index contributed by atoms with van der Waals surface area (Å²) in [5.41, 5.74) is 0. The first-order valence-electron chi connectivity index (χ1n) is 0. The fourth-order valence-corrected chi connectivity index (χ4v) is 0. The van der Waals surface area contributed by atoms with Gasteiger partial charge in [-0.25, -0.2) is 0 Å². The van der Waals surface area contributed by atoms with Crippen LogP contribution in [-0.2, 0) is 403 Å². The van der Waals surface area contributed by atoms with Crippen LogP contribution in [0.4, 0.5) is 0 Å². The minimum Gasteiger partial charge on any atom is 0 e. The Kier molecular flexibility index (Phi) is 3500. The standard InChI is InChI=1S/24Co. The van der Waals surface area contributed by atoms with Crippen LogP contribution in [0.3, 0.4) is 0 Å². The van der Waals surface area contributed by atoms with E-state index in [1.807, 2.05) is 0 Å². The van der Waals surface area contributed by atoms with Gasteiger partial charge in [-0.3, -0.25) is 0 Å². The number of rotatable bonds is 0. The molecule has 0 saturated heterocycles. The molecule has 216 valence electrons. The van der Waals surface area contributed by atoms with Crippen molar-refractivity contribution in [2.24, 2.45) is 0 Å². The molecule has 0 spiro atoms. The van der Waals surface area contributed by atoms with Gasteiger partial charge in [0.05, 0.1) is 0 Å². The zero-order valence-electron chi connectivity index (χ0n) is 8.00. The molecular formula is Co24. The summed E-state index contributed by atoms with van der Waals surface area (Å²) in [6.45, 7) is 0. The zero-order chi connectivity index (χ0) is 0. The minimum atomic E-state index is 0. The van der Waals surface area contributed by atoms with E-state index in [-0.39, 0.29) is 403 Å². The van der Waals surface area contributed by atoms with Gasteiger partial charge in [-0.15, -0.1) is 0 Å². The molecule has 0 amide bonds. The quantitative estimate of drug-likeness (QED) is 0.320. The van der Waals surface area contributed by atoms with Gasteiger partial charge in [-0.05, 0) is 0 Å². The van der Waals surface area contributed by atoms with Gasteiger partial charge in [-0.1, -0.05) is 0 Å². The average Bonchev–Trinajstić information content (AvgIpc) is 0. The van der Waals surface area contributed by atoms with Gasteiger partial charge in [0.25, 0.3) is 0 Å². The second-order valence-electron chi connectivity index (χ2n) is 0. The van der Waals surface area contributed by atoms with E-state index in [1.165, 1.54) is 0 Å². The monoisotopic (exact) mass is 1410 g/mol. The van der Waals surface area contributed by atoms with Crippen LogP contribution in [-0.4, -0.2) is 0 Å². The first kappa shape index (κ1) is 302. The molecule has 0 unspecified atom stereocenters. The normalized spacial score (nSPS) is 0. The first-order valence-corrected chi connectivity index (χ1v) is 0. The molecular weight excluding hydrogens is 1410 g/mol. The molecule has 0 aromatic carbocycles. The zero-order valence-corrected chi connectivity index (χ0v) is 33.0. The van der Waals surface area contributed by atoms with Crippen LogP contribution in [0.25, 0.3) is 0 Å². The molecule has 0 atom stereocenters. The van der Waals surface area contributed by atoms with Crippen molar-refractivity contribution < 1.29 is 403 Å². The third kappa shape index (κ3) is 254. The van der Waals surface area contributed by atoms with Crippen LogP contribution in [0.1, 0.15) is 0 Å². The van der Waals surface area contributed by atoms with Gasteiger partial charge in [0.1, 0.15) is 0 Å². The number of hydrogen-bond acceptors (Lipinski definition) is 0. The van der Waals surface area contributed by atoms with Gasteiger partial charge in [0.2, 0.25) is 0 Å². The fraction of sp³-hybridized carbons (Fsp3) is 0. The van der Waals surface area contributed by atoms with Crippen LogP contribution in [0.5, 0.6) is 0 Å². The Morgan fingerprint density at radius 1 is 0.0417 bits per heavy atom. The minimum absolute atomic E-state index is 0. The third-order valence-corrected chi connectivity index (χ3v) is 0. The van der Waals surface area contributed by atoms with Gasteiger partial charge in [0, 0.05) is 403 Å². The van der Waals surface area contributed by atoms with E-state index in [0.29, 0.717) is 0 Å². The second kappa shape index (κ2) is 278. The molecule has 0 rings (SSSR count). The van der Waals surface area contributed by atoms with Crippen molar-refractivity contribution in [2.75, 3.05) is 0 Å². The van der Waals surface area contributed by atoms with E-state index in [9.17, 15) is 0 Å². The Hall–Kier alpha value is 12.2.